The lowest BCUT2D eigenvalue weighted by Gasteiger charge is -2.16. The molecule has 0 unspecified atom stereocenters. The van der Waals surface area contributed by atoms with Gasteiger partial charge in [0.15, 0.2) is 5.78 Å². The van der Waals surface area contributed by atoms with Gasteiger partial charge in [-0.25, -0.2) is 4.39 Å². The number of amides is 2. The van der Waals surface area contributed by atoms with Gasteiger partial charge in [-0.15, -0.1) is 11.8 Å². The minimum Gasteiger partial charge on any atom is -0.351 e. The normalized spacial score (nSPS) is 13.6. The molecule has 5 nitrogen and oxygen atoms in total. The van der Waals surface area contributed by atoms with Crippen LogP contribution in [-0.4, -0.2) is 29.9 Å². The predicted octanol–water partition coefficient (Wildman–Crippen LogP) is 3.56. The number of hydrogen-bond donors (Lipinski definition) is 1. The van der Waals surface area contributed by atoms with Crippen LogP contribution >= 0.6 is 11.8 Å². The zero-order valence-electron chi connectivity index (χ0n) is 15.5. The Morgan fingerprint density at radius 1 is 1.18 bits per heavy atom. The number of Topliss-reactive ketones (excluding diaryl/α,β-unsaturated/α-hetero) is 1. The summed E-state index contributed by atoms with van der Waals surface area (Å²) in [7, 11) is 0. The second-order valence-corrected chi connectivity index (χ2v) is 7.60. The lowest BCUT2D eigenvalue weighted by molar-refractivity contribution is -0.119. The van der Waals surface area contributed by atoms with Gasteiger partial charge in [-0.1, -0.05) is 18.2 Å². The van der Waals surface area contributed by atoms with E-state index in [9.17, 15) is 18.8 Å². The number of nitrogens with zero attached hydrogens (tertiary/aromatic N) is 1. The number of carbonyl (C=O) groups is 3. The lowest BCUT2D eigenvalue weighted by atomic mass is 10.1. The molecule has 2 aromatic carbocycles. The number of hydrogen-bond acceptors (Lipinski definition) is 4. The number of anilines is 1. The van der Waals surface area contributed by atoms with Crippen molar-refractivity contribution in [3.63, 3.8) is 0 Å². The molecule has 28 heavy (non-hydrogen) atoms. The first-order valence-electron chi connectivity index (χ1n) is 9.03. The average molecular weight is 400 g/mol. The van der Waals surface area contributed by atoms with E-state index in [1.54, 1.807) is 11.0 Å². The topological polar surface area (TPSA) is 66.5 Å². The van der Waals surface area contributed by atoms with Crippen molar-refractivity contribution in [1.29, 1.82) is 0 Å². The van der Waals surface area contributed by atoms with Crippen molar-refractivity contribution in [3.8, 4) is 0 Å². The second-order valence-electron chi connectivity index (χ2n) is 6.58. The van der Waals surface area contributed by atoms with Gasteiger partial charge in [0, 0.05) is 35.7 Å². The van der Waals surface area contributed by atoms with Gasteiger partial charge in [-0.05, 0) is 43.2 Å². The van der Waals surface area contributed by atoms with Crippen LogP contribution in [0, 0.1) is 5.82 Å². The summed E-state index contributed by atoms with van der Waals surface area (Å²) in [5, 5.41) is 2.80. The van der Waals surface area contributed by atoms with Crippen LogP contribution in [0.2, 0.25) is 0 Å². The van der Waals surface area contributed by atoms with Crippen LogP contribution < -0.4 is 10.2 Å². The van der Waals surface area contributed by atoms with Crippen LogP contribution in [0.5, 0.6) is 0 Å². The highest BCUT2D eigenvalue weighted by molar-refractivity contribution is 8.00. The molecule has 0 atom stereocenters. The summed E-state index contributed by atoms with van der Waals surface area (Å²) in [6, 6.07) is 11.8. The molecule has 0 spiro atoms. The molecule has 0 saturated carbocycles. The molecule has 1 saturated heterocycles. The van der Waals surface area contributed by atoms with Crippen LogP contribution in [0.1, 0.15) is 35.7 Å². The summed E-state index contributed by atoms with van der Waals surface area (Å²) in [6.07, 6.45) is 1.47. The van der Waals surface area contributed by atoms with Crippen LogP contribution in [0.3, 0.4) is 0 Å². The monoisotopic (exact) mass is 400 g/mol. The first-order valence-corrected chi connectivity index (χ1v) is 10.0. The number of carbonyl (C=O) groups excluding carboxylic acids is 3. The average Bonchev–Trinajstić information content (AvgIpc) is 3.11. The lowest BCUT2D eigenvalue weighted by Crippen LogP contribution is -2.25. The Labute approximate surface area is 167 Å². The zero-order chi connectivity index (χ0) is 20.1. The molecule has 0 radical (unpaired) electrons. The maximum atomic E-state index is 14.0. The molecule has 1 aliphatic heterocycles. The van der Waals surface area contributed by atoms with Gasteiger partial charge in [0.1, 0.15) is 5.82 Å². The summed E-state index contributed by atoms with van der Waals surface area (Å²) in [4.78, 5) is 37.1. The van der Waals surface area contributed by atoms with Crippen LogP contribution in [0.25, 0.3) is 0 Å². The van der Waals surface area contributed by atoms with Crippen molar-refractivity contribution in [2.75, 3.05) is 17.2 Å². The highest BCUT2D eigenvalue weighted by atomic mass is 32.2. The Bertz CT molecular complexity index is 899. The van der Waals surface area contributed by atoms with Gasteiger partial charge >= 0.3 is 0 Å². The molecule has 3 rings (SSSR count). The first kappa shape index (κ1) is 20.1. The third kappa shape index (κ3) is 4.98. The van der Waals surface area contributed by atoms with Gasteiger partial charge in [-0.3, -0.25) is 14.4 Å². The van der Waals surface area contributed by atoms with E-state index in [2.05, 4.69) is 5.32 Å². The molecular formula is C21H21FN2O3S. The van der Waals surface area contributed by atoms with Crippen molar-refractivity contribution in [1.82, 2.24) is 5.32 Å². The Balaban J connectivity index is 1.48. The van der Waals surface area contributed by atoms with Crippen molar-refractivity contribution in [2.24, 2.45) is 0 Å². The fourth-order valence-electron chi connectivity index (χ4n) is 2.95. The maximum Gasteiger partial charge on any atom is 0.230 e. The first-order chi connectivity index (χ1) is 13.4. The van der Waals surface area contributed by atoms with Gasteiger partial charge < -0.3 is 10.2 Å². The van der Waals surface area contributed by atoms with Gasteiger partial charge in [0.05, 0.1) is 5.75 Å². The van der Waals surface area contributed by atoms with Crippen molar-refractivity contribution in [2.45, 2.75) is 31.2 Å². The van der Waals surface area contributed by atoms with E-state index in [0.717, 1.165) is 36.0 Å². The fraction of sp³-hybridized carbons (Fsp3) is 0.286. The molecule has 0 bridgehead atoms. The summed E-state index contributed by atoms with van der Waals surface area (Å²) in [6.45, 7) is 2.49. The highest BCUT2D eigenvalue weighted by Gasteiger charge is 2.21. The highest BCUT2D eigenvalue weighted by Crippen LogP contribution is 2.23. The molecule has 2 amide bonds. The largest absolute Gasteiger partial charge is 0.351 e. The number of halogens is 1. The molecule has 0 aromatic heterocycles. The Hall–Kier alpha value is -2.67. The van der Waals surface area contributed by atoms with E-state index < -0.39 is 5.82 Å². The third-order valence-electron chi connectivity index (χ3n) is 4.51. The quantitative estimate of drug-likeness (QED) is 0.570. The van der Waals surface area contributed by atoms with E-state index in [0.29, 0.717) is 23.4 Å². The minimum absolute atomic E-state index is 0.0801. The summed E-state index contributed by atoms with van der Waals surface area (Å²) < 4.78 is 14.0. The number of benzene rings is 2. The standard InChI is InChI=1S/C21H21FN2O3S/c1-14(25)16-6-9-19(18(22)11-16)28-13-20(26)23-12-15-4-7-17(8-5-15)24-10-2-3-21(24)27/h4-9,11H,2-3,10,12-13H2,1H3,(H,23,26). The minimum atomic E-state index is -0.502. The summed E-state index contributed by atoms with van der Waals surface area (Å²) in [5.74, 6) is -0.692. The molecule has 7 heteroatoms. The molecular weight excluding hydrogens is 379 g/mol. The number of thioether (sulfide) groups is 1. The van der Waals surface area contributed by atoms with E-state index in [1.165, 1.54) is 19.1 Å². The van der Waals surface area contributed by atoms with E-state index in [-0.39, 0.29) is 23.4 Å². The fourth-order valence-corrected chi connectivity index (χ4v) is 3.70. The van der Waals surface area contributed by atoms with Gasteiger partial charge in [-0.2, -0.15) is 0 Å². The van der Waals surface area contributed by atoms with E-state index in [4.69, 9.17) is 0 Å². The Morgan fingerprint density at radius 3 is 2.54 bits per heavy atom. The number of nitrogens with one attached hydrogen (secondary N) is 1. The van der Waals surface area contributed by atoms with Crippen molar-refractivity contribution in [3.05, 3.63) is 59.4 Å². The summed E-state index contributed by atoms with van der Waals surface area (Å²) in [5.41, 5.74) is 2.11. The van der Waals surface area contributed by atoms with E-state index >= 15 is 0 Å². The Morgan fingerprint density at radius 2 is 1.93 bits per heavy atom. The number of ketones is 1. The van der Waals surface area contributed by atoms with Crippen LogP contribution in [0.4, 0.5) is 10.1 Å². The molecule has 2 aromatic rings. The van der Waals surface area contributed by atoms with E-state index in [1.807, 2.05) is 24.3 Å². The van der Waals surface area contributed by atoms with Crippen LogP contribution in [-0.2, 0) is 16.1 Å². The van der Waals surface area contributed by atoms with Gasteiger partial charge in [0.2, 0.25) is 11.8 Å². The van der Waals surface area contributed by atoms with Crippen molar-refractivity contribution >= 4 is 35.0 Å². The van der Waals surface area contributed by atoms with Crippen LogP contribution in [0.15, 0.2) is 47.4 Å². The maximum absolute atomic E-state index is 14.0. The molecule has 1 heterocycles. The second kappa shape index (κ2) is 9.01. The zero-order valence-corrected chi connectivity index (χ0v) is 16.4. The molecule has 1 aliphatic rings. The molecule has 0 aliphatic carbocycles. The predicted molar refractivity (Wildman–Crippen MR) is 107 cm³/mol. The molecule has 1 N–H and O–H groups in total. The third-order valence-corrected chi connectivity index (χ3v) is 5.56. The number of rotatable bonds is 7. The summed E-state index contributed by atoms with van der Waals surface area (Å²) >= 11 is 1.09. The molecule has 146 valence electrons. The SMILES string of the molecule is CC(=O)c1ccc(SCC(=O)NCc2ccc(N3CCCC3=O)cc2)c(F)c1. The van der Waals surface area contributed by atoms with Crippen molar-refractivity contribution < 1.29 is 18.8 Å². The van der Waals surface area contributed by atoms with Gasteiger partial charge in [0.25, 0.3) is 0 Å². The smallest absolute Gasteiger partial charge is 0.230 e. The Kier molecular flexibility index (Phi) is 6.46. The molecule has 1 fully saturated rings.